The third-order valence-electron chi connectivity index (χ3n) is 7.58. The lowest BCUT2D eigenvalue weighted by molar-refractivity contribution is 0.0519. The molecular formula is C38H42N8O6. The molecule has 1 heterocycles. The first-order chi connectivity index (χ1) is 25.4. The standard InChI is InChI=1S/C38H42N8O6/c47-33(29-9-5-2-6-10-29)39-19-21-51-23-24-52-22-20-40-36-44-37(42-26-28-11-13-31(14-12-28)35(49)50)46-38(45-36)43-32-17-15-30(16-18-32)34(48)41-25-27-7-3-1-4-8-27/h1-18,34,41,48H,19-26H2,(H,39,47)(H,49,50)(H3,40,42,43,44,45,46). The van der Waals surface area contributed by atoms with Crippen molar-refractivity contribution in [3.63, 3.8) is 0 Å². The fraction of sp³-hybridized carbons (Fsp3) is 0.237. The quantitative estimate of drug-likeness (QED) is 0.0415. The van der Waals surface area contributed by atoms with Crippen molar-refractivity contribution in [3.8, 4) is 0 Å². The van der Waals surface area contributed by atoms with Crippen LogP contribution in [0.2, 0.25) is 0 Å². The monoisotopic (exact) mass is 706 g/mol. The van der Waals surface area contributed by atoms with Gasteiger partial charge in [-0.2, -0.15) is 15.0 Å². The Morgan fingerprint density at radius 2 is 1.21 bits per heavy atom. The maximum Gasteiger partial charge on any atom is 0.335 e. The number of carbonyl (C=O) groups excluding carboxylic acids is 1. The van der Waals surface area contributed by atoms with Gasteiger partial charge in [0.05, 0.1) is 32.0 Å². The summed E-state index contributed by atoms with van der Waals surface area (Å²) in [4.78, 5) is 36.8. The third kappa shape index (κ3) is 12.4. The number of nitrogens with one attached hydrogen (secondary N) is 5. The molecule has 4 aromatic carbocycles. The summed E-state index contributed by atoms with van der Waals surface area (Å²) in [6.45, 7) is 3.17. The van der Waals surface area contributed by atoms with Crippen molar-refractivity contribution in [2.24, 2.45) is 0 Å². The molecule has 1 atom stereocenters. The van der Waals surface area contributed by atoms with E-state index >= 15 is 0 Å². The number of aliphatic hydroxyl groups excluding tert-OH is 1. The Hall–Kier alpha value is -5.93. The molecule has 5 rings (SSSR count). The summed E-state index contributed by atoms with van der Waals surface area (Å²) in [6, 6.07) is 32.7. The Bertz CT molecular complexity index is 1830. The van der Waals surface area contributed by atoms with E-state index in [1.54, 1.807) is 36.4 Å². The summed E-state index contributed by atoms with van der Waals surface area (Å²) >= 11 is 0. The number of rotatable bonds is 21. The Balaban J connectivity index is 1.10. The van der Waals surface area contributed by atoms with E-state index < -0.39 is 12.2 Å². The SMILES string of the molecule is O=C(O)c1ccc(CNc2nc(NCCOCCOCCNC(=O)c3ccccc3)nc(Nc3ccc(C(O)NCc4ccccc4)cc3)n2)cc1. The van der Waals surface area contributed by atoms with Gasteiger partial charge in [0.1, 0.15) is 6.23 Å². The van der Waals surface area contributed by atoms with Crippen molar-refractivity contribution in [2.45, 2.75) is 19.3 Å². The molecule has 14 heteroatoms. The normalized spacial score (nSPS) is 11.4. The van der Waals surface area contributed by atoms with Crippen LogP contribution < -0.4 is 26.6 Å². The van der Waals surface area contributed by atoms with E-state index in [4.69, 9.17) is 9.47 Å². The number of amides is 1. The minimum atomic E-state index is -0.990. The van der Waals surface area contributed by atoms with E-state index in [1.165, 1.54) is 0 Å². The Kier molecular flexibility index (Phi) is 14.4. The number of ether oxygens (including phenoxy) is 2. The molecule has 0 fully saturated rings. The average Bonchev–Trinajstić information content (AvgIpc) is 3.18. The van der Waals surface area contributed by atoms with Gasteiger partial charge in [0.25, 0.3) is 5.91 Å². The van der Waals surface area contributed by atoms with Gasteiger partial charge in [0, 0.05) is 37.4 Å². The maximum absolute atomic E-state index is 12.1. The number of carboxylic acid groups (broad SMARTS) is 1. The summed E-state index contributed by atoms with van der Waals surface area (Å²) in [7, 11) is 0. The zero-order valence-electron chi connectivity index (χ0n) is 28.5. The molecule has 270 valence electrons. The van der Waals surface area contributed by atoms with Crippen LogP contribution in [0.25, 0.3) is 0 Å². The number of nitrogens with zero attached hydrogens (tertiary/aromatic N) is 3. The predicted octanol–water partition coefficient (Wildman–Crippen LogP) is 4.58. The summed E-state index contributed by atoms with van der Waals surface area (Å²) in [5.41, 5.74) is 4.13. The Morgan fingerprint density at radius 1 is 0.615 bits per heavy atom. The fourth-order valence-corrected chi connectivity index (χ4v) is 4.83. The van der Waals surface area contributed by atoms with E-state index in [0.717, 1.165) is 11.1 Å². The number of anilines is 4. The predicted molar refractivity (Wildman–Crippen MR) is 197 cm³/mol. The van der Waals surface area contributed by atoms with Gasteiger partial charge >= 0.3 is 5.97 Å². The van der Waals surface area contributed by atoms with Gasteiger partial charge in [0.2, 0.25) is 17.8 Å². The third-order valence-corrected chi connectivity index (χ3v) is 7.58. The summed E-state index contributed by atoms with van der Waals surface area (Å²) in [6.07, 6.45) is -0.844. The Labute approximate surface area is 301 Å². The average molecular weight is 707 g/mol. The number of benzene rings is 4. The van der Waals surface area contributed by atoms with Crippen molar-refractivity contribution in [3.05, 3.63) is 137 Å². The summed E-state index contributed by atoms with van der Waals surface area (Å²) < 4.78 is 11.2. The molecule has 1 unspecified atom stereocenters. The van der Waals surface area contributed by atoms with Gasteiger partial charge < -0.3 is 41.0 Å². The minimum absolute atomic E-state index is 0.142. The van der Waals surface area contributed by atoms with Crippen molar-refractivity contribution in [1.29, 1.82) is 0 Å². The molecule has 1 aromatic heterocycles. The number of aromatic carboxylic acids is 1. The molecule has 5 aromatic rings. The number of hydrogen-bond acceptors (Lipinski definition) is 12. The van der Waals surface area contributed by atoms with Gasteiger partial charge in [-0.15, -0.1) is 0 Å². The second-order valence-corrected chi connectivity index (χ2v) is 11.5. The van der Waals surface area contributed by atoms with Crippen molar-refractivity contribution in [2.75, 3.05) is 55.5 Å². The summed E-state index contributed by atoms with van der Waals surface area (Å²) in [5.74, 6) is -0.238. The van der Waals surface area contributed by atoms with Crippen LogP contribution in [0, 0.1) is 0 Å². The largest absolute Gasteiger partial charge is 0.478 e. The summed E-state index contributed by atoms with van der Waals surface area (Å²) in [5, 5.41) is 35.3. The highest BCUT2D eigenvalue weighted by molar-refractivity contribution is 5.94. The minimum Gasteiger partial charge on any atom is -0.478 e. The highest BCUT2D eigenvalue weighted by Crippen LogP contribution is 2.20. The number of aliphatic hydroxyl groups is 1. The highest BCUT2D eigenvalue weighted by atomic mass is 16.5. The molecule has 52 heavy (non-hydrogen) atoms. The van der Waals surface area contributed by atoms with Gasteiger partial charge in [0.15, 0.2) is 0 Å². The number of carbonyl (C=O) groups is 2. The zero-order chi connectivity index (χ0) is 36.4. The Morgan fingerprint density at radius 3 is 1.88 bits per heavy atom. The molecule has 0 radical (unpaired) electrons. The van der Waals surface area contributed by atoms with Crippen molar-refractivity contribution >= 4 is 35.4 Å². The van der Waals surface area contributed by atoms with E-state index in [0.29, 0.717) is 81.3 Å². The van der Waals surface area contributed by atoms with Crippen molar-refractivity contribution < 1.29 is 29.3 Å². The van der Waals surface area contributed by atoms with Crippen LogP contribution in [0.3, 0.4) is 0 Å². The van der Waals surface area contributed by atoms with Crippen LogP contribution in [0.1, 0.15) is 43.6 Å². The first-order valence-electron chi connectivity index (χ1n) is 16.8. The van der Waals surface area contributed by atoms with E-state index in [1.807, 2.05) is 72.8 Å². The molecule has 0 saturated heterocycles. The second kappa shape index (κ2) is 20.1. The number of aromatic nitrogens is 3. The molecule has 7 N–H and O–H groups in total. The van der Waals surface area contributed by atoms with Crippen LogP contribution in [-0.4, -0.2) is 76.6 Å². The first kappa shape index (κ1) is 37.3. The molecule has 0 aliphatic heterocycles. The van der Waals surface area contributed by atoms with Gasteiger partial charge in [-0.05, 0) is 53.1 Å². The van der Waals surface area contributed by atoms with Crippen molar-refractivity contribution in [1.82, 2.24) is 25.6 Å². The van der Waals surface area contributed by atoms with Crippen LogP contribution in [-0.2, 0) is 22.6 Å². The topological polar surface area (TPSA) is 192 Å². The lowest BCUT2D eigenvalue weighted by atomic mass is 10.1. The molecule has 0 spiro atoms. The van der Waals surface area contributed by atoms with Crippen LogP contribution in [0.15, 0.2) is 109 Å². The second-order valence-electron chi connectivity index (χ2n) is 11.5. The smallest absolute Gasteiger partial charge is 0.335 e. The molecule has 14 nitrogen and oxygen atoms in total. The highest BCUT2D eigenvalue weighted by Gasteiger charge is 2.11. The maximum atomic E-state index is 12.1. The molecule has 1 amide bonds. The molecule has 0 aliphatic rings. The van der Waals surface area contributed by atoms with Crippen LogP contribution in [0.4, 0.5) is 23.5 Å². The van der Waals surface area contributed by atoms with Gasteiger partial charge in [-0.25, -0.2) is 4.79 Å². The molecule has 0 aliphatic carbocycles. The first-order valence-corrected chi connectivity index (χ1v) is 16.8. The molecular weight excluding hydrogens is 664 g/mol. The number of carboxylic acids is 1. The fourth-order valence-electron chi connectivity index (χ4n) is 4.83. The van der Waals surface area contributed by atoms with Crippen LogP contribution >= 0.6 is 0 Å². The lowest BCUT2D eigenvalue weighted by Gasteiger charge is -2.15. The van der Waals surface area contributed by atoms with E-state index in [2.05, 4.69) is 41.5 Å². The van der Waals surface area contributed by atoms with E-state index in [9.17, 15) is 19.8 Å². The molecule has 0 saturated carbocycles. The van der Waals surface area contributed by atoms with Gasteiger partial charge in [-0.3, -0.25) is 10.1 Å². The zero-order valence-corrected chi connectivity index (χ0v) is 28.5. The lowest BCUT2D eigenvalue weighted by Crippen LogP contribution is -2.27. The van der Waals surface area contributed by atoms with E-state index in [-0.39, 0.29) is 17.4 Å². The van der Waals surface area contributed by atoms with Gasteiger partial charge in [-0.1, -0.05) is 72.8 Å². The number of hydrogen-bond donors (Lipinski definition) is 7. The van der Waals surface area contributed by atoms with Crippen LogP contribution in [0.5, 0.6) is 0 Å². The molecule has 0 bridgehead atoms.